The van der Waals surface area contributed by atoms with Gasteiger partial charge in [-0.3, -0.25) is 0 Å². The van der Waals surface area contributed by atoms with Crippen LogP contribution < -0.4 is 45.1 Å². The van der Waals surface area contributed by atoms with Crippen LogP contribution in [0.5, 0.6) is 0 Å². The molecular formula is C12H17N2NaO4S. The molecule has 106 valence electrons. The van der Waals surface area contributed by atoms with Gasteiger partial charge in [0.2, 0.25) is 10.0 Å². The van der Waals surface area contributed by atoms with Crippen LogP contribution in [-0.4, -0.2) is 27.0 Å². The van der Waals surface area contributed by atoms with Crippen molar-refractivity contribution in [2.75, 3.05) is 6.54 Å². The van der Waals surface area contributed by atoms with Gasteiger partial charge in [-0.25, -0.2) is 13.1 Å². The van der Waals surface area contributed by atoms with Crippen LogP contribution in [0, 0.1) is 20.8 Å². The quantitative estimate of drug-likeness (QED) is 0.538. The van der Waals surface area contributed by atoms with Crippen molar-refractivity contribution in [1.29, 1.82) is 0 Å². The van der Waals surface area contributed by atoms with Gasteiger partial charge < -0.3 is 15.6 Å². The fourth-order valence-corrected chi connectivity index (χ4v) is 3.68. The summed E-state index contributed by atoms with van der Waals surface area (Å²) in [5.74, 6) is -1.55. The third-order valence-electron chi connectivity index (χ3n) is 2.69. The van der Waals surface area contributed by atoms with Crippen molar-refractivity contribution in [1.82, 2.24) is 4.72 Å². The maximum absolute atomic E-state index is 12.2. The number of carboxylic acid groups (broad SMARTS) is 1. The molecule has 0 aliphatic rings. The first-order valence-corrected chi connectivity index (χ1v) is 7.18. The summed E-state index contributed by atoms with van der Waals surface area (Å²) < 4.78 is 26.4. The minimum absolute atomic E-state index is 0. The number of aryl methyl sites for hydroxylation is 3. The summed E-state index contributed by atoms with van der Waals surface area (Å²) >= 11 is 0. The van der Waals surface area contributed by atoms with E-state index in [-0.39, 0.29) is 41.0 Å². The molecule has 1 aromatic rings. The predicted molar refractivity (Wildman–Crippen MR) is 68.8 cm³/mol. The van der Waals surface area contributed by atoms with E-state index in [4.69, 9.17) is 5.73 Å². The van der Waals surface area contributed by atoms with Crippen LogP contribution in [0.1, 0.15) is 16.7 Å². The zero-order valence-corrected chi connectivity index (χ0v) is 14.9. The molecule has 0 radical (unpaired) electrons. The molecule has 1 aromatic carbocycles. The second-order valence-electron chi connectivity index (χ2n) is 4.46. The third kappa shape index (κ3) is 4.54. The monoisotopic (exact) mass is 308 g/mol. The maximum Gasteiger partial charge on any atom is 1.00 e. The van der Waals surface area contributed by atoms with Gasteiger partial charge in [-0.1, -0.05) is 17.7 Å². The number of nitrogens with two attached hydrogens (primary N) is 1. The van der Waals surface area contributed by atoms with E-state index in [9.17, 15) is 18.3 Å². The first kappa shape index (κ1) is 19.6. The molecular weight excluding hydrogens is 291 g/mol. The summed E-state index contributed by atoms with van der Waals surface area (Å²) in [6, 6.07) is 2.00. The Morgan fingerprint density at radius 3 is 2.10 bits per heavy atom. The molecule has 0 bridgehead atoms. The molecule has 0 saturated heterocycles. The van der Waals surface area contributed by atoms with Crippen molar-refractivity contribution < 1.29 is 47.9 Å². The van der Waals surface area contributed by atoms with E-state index in [2.05, 4.69) is 0 Å². The molecule has 0 aromatic heterocycles. The number of carbonyl (C=O) groups excluding carboxylic acids is 1. The van der Waals surface area contributed by atoms with Gasteiger partial charge in [-0.15, -0.1) is 0 Å². The van der Waals surface area contributed by atoms with Crippen LogP contribution in [0.4, 0.5) is 0 Å². The van der Waals surface area contributed by atoms with Gasteiger partial charge in [0, 0.05) is 6.54 Å². The van der Waals surface area contributed by atoms with Crippen LogP contribution >= 0.6 is 0 Å². The van der Waals surface area contributed by atoms with E-state index in [1.54, 1.807) is 26.0 Å². The number of benzene rings is 1. The number of carboxylic acids is 1. The zero-order valence-electron chi connectivity index (χ0n) is 12.1. The number of nitrogens with one attached hydrogen (secondary N) is 1. The molecule has 20 heavy (non-hydrogen) atoms. The molecule has 0 aliphatic heterocycles. The summed E-state index contributed by atoms with van der Waals surface area (Å²) in [6.45, 7) is 4.80. The topological polar surface area (TPSA) is 112 Å². The normalized spacial score (nSPS) is 12.6. The molecule has 8 heteroatoms. The van der Waals surface area contributed by atoms with E-state index in [1.165, 1.54) is 0 Å². The number of rotatable bonds is 5. The number of hydrogen-bond donors (Lipinski definition) is 2. The Morgan fingerprint density at radius 2 is 1.75 bits per heavy atom. The molecule has 0 aliphatic carbocycles. The zero-order chi connectivity index (χ0) is 14.8. The second kappa shape index (κ2) is 7.53. The first-order chi connectivity index (χ1) is 8.69. The Bertz CT molecular complexity index is 578. The fraction of sp³-hybridized carbons (Fsp3) is 0.417. The molecule has 1 atom stereocenters. The van der Waals surface area contributed by atoms with E-state index >= 15 is 0 Å². The van der Waals surface area contributed by atoms with Gasteiger partial charge in [-0.2, -0.15) is 0 Å². The van der Waals surface area contributed by atoms with Crippen LogP contribution in [0.3, 0.4) is 0 Å². The molecule has 1 rings (SSSR count). The van der Waals surface area contributed by atoms with Crippen molar-refractivity contribution in [3.05, 3.63) is 28.8 Å². The Balaban J connectivity index is 0.00000361. The minimum atomic E-state index is -3.95. The van der Waals surface area contributed by atoms with Gasteiger partial charge in [-0.05, 0) is 31.9 Å². The second-order valence-corrected chi connectivity index (χ2v) is 6.11. The Morgan fingerprint density at radius 1 is 1.30 bits per heavy atom. The van der Waals surface area contributed by atoms with Crippen molar-refractivity contribution >= 4 is 16.0 Å². The van der Waals surface area contributed by atoms with Crippen molar-refractivity contribution in [3.8, 4) is 0 Å². The molecule has 0 heterocycles. The molecule has 0 amide bonds. The maximum atomic E-state index is 12.2. The summed E-state index contributed by atoms with van der Waals surface area (Å²) in [4.78, 5) is 10.8. The molecule has 3 N–H and O–H groups in total. The van der Waals surface area contributed by atoms with Crippen molar-refractivity contribution in [3.63, 3.8) is 0 Å². The van der Waals surface area contributed by atoms with Gasteiger partial charge >= 0.3 is 29.6 Å². The Hall–Kier alpha value is -0.440. The minimum Gasteiger partial charge on any atom is -0.548 e. The molecule has 0 spiro atoms. The molecule has 0 fully saturated rings. The van der Waals surface area contributed by atoms with E-state index in [0.717, 1.165) is 5.56 Å². The molecule has 6 nitrogen and oxygen atoms in total. The summed E-state index contributed by atoms with van der Waals surface area (Å²) in [7, 11) is -3.95. The predicted octanol–water partition coefficient (Wildman–Crippen LogP) is -4.03. The van der Waals surface area contributed by atoms with E-state index in [1.807, 2.05) is 11.6 Å². The molecule has 0 unspecified atom stereocenters. The summed E-state index contributed by atoms with van der Waals surface area (Å²) in [5, 5.41) is 10.7. The van der Waals surface area contributed by atoms with E-state index in [0.29, 0.717) is 11.1 Å². The first-order valence-electron chi connectivity index (χ1n) is 5.70. The Labute approximate surface area is 141 Å². The average molecular weight is 308 g/mol. The number of hydrogen-bond acceptors (Lipinski definition) is 5. The van der Waals surface area contributed by atoms with E-state index < -0.39 is 22.0 Å². The van der Waals surface area contributed by atoms with Gasteiger partial charge in [0.25, 0.3) is 0 Å². The van der Waals surface area contributed by atoms with Crippen LogP contribution in [-0.2, 0) is 14.8 Å². The smallest absolute Gasteiger partial charge is 0.548 e. The van der Waals surface area contributed by atoms with Crippen molar-refractivity contribution in [2.24, 2.45) is 5.73 Å². The Kier molecular flexibility index (Phi) is 7.37. The van der Waals surface area contributed by atoms with Gasteiger partial charge in [0.05, 0.1) is 16.9 Å². The van der Waals surface area contributed by atoms with Crippen LogP contribution in [0.2, 0.25) is 0 Å². The van der Waals surface area contributed by atoms with Gasteiger partial charge in [0.15, 0.2) is 0 Å². The number of sulfonamides is 1. The summed E-state index contributed by atoms with van der Waals surface area (Å²) in [6.07, 6.45) is 0. The summed E-state index contributed by atoms with van der Waals surface area (Å²) in [5.41, 5.74) is 7.26. The SMILES string of the molecule is Cc1cc(C)c(S(=O)(=O)N[C@@H](CN)C(=O)[O-])c(C)c1.[Na+]. The largest absolute Gasteiger partial charge is 1.00 e. The number of aliphatic carboxylic acids is 1. The van der Waals surface area contributed by atoms with Crippen molar-refractivity contribution in [2.45, 2.75) is 31.7 Å². The molecule has 0 saturated carbocycles. The fourth-order valence-electron chi connectivity index (χ4n) is 2.03. The third-order valence-corrected chi connectivity index (χ3v) is 4.47. The average Bonchev–Trinajstić information content (AvgIpc) is 2.23. The number of carbonyl (C=O) groups is 1. The van der Waals surface area contributed by atoms with Crippen LogP contribution in [0.15, 0.2) is 17.0 Å². The van der Waals surface area contributed by atoms with Gasteiger partial charge in [0.1, 0.15) is 0 Å². The van der Waals surface area contributed by atoms with Crippen LogP contribution in [0.25, 0.3) is 0 Å². The standard InChI is InChI=1S/C12H18N2O4S.Na/c1-7-4-8(2)11(9(3)5-7)19(17,18)14-10(6-13)12(15)16;/h4-5,10,14H,6,13H2,1-3H3,(H,15,16);/q;+1/p-1/t10-;/m0./s1.